The van der Waals surface area contributed by atoms with Gasteiger partial charge in [-0.3, -0.25) is 4.79 Å². The first-order chi connectivity index (χ1) is 11.9. The number of likely N-dealkylation sites (tertiary alicyclic amines) is 1. The number of hydrogen-bond donors (Lipinski definition) is 2. The molecule has 1 fully saturated rings. The van der Waals surface area contributed by atoms with Crippen molar-refractivity contribution in [2.45, 2.75) is 26.3 Å². The lowest BCUT2D eigenvalue weighted by molar-refractivity contribution is -0.159. The zero-order valence-electron chi connectivity index (χ0n) is 14.0. The summed E-state index contributed by atoms with van der Waals surface area (Å²) in [5.74, 6) is -2.80. The second-order valence-electron chi connectivity index (χ2n) is 5.95. The smallest absolute Gasteiger partial charge is 0.414 e. The Kier molecular flexibility index (Phi) is 6.10. The van der Waals surface area contributed by atoms with E-state index in [1.807, 2.05) is 23.4 Å². The molecule has 1 amide bonds. The highest BCUT2D eigenvalue weighted by atomic mass is 16.4. The van der Waals surface area contributed by atoms with Crippen LogP contribution in [0.1, 0.15) is 19.8 Å². The van der Waals surface area contributed by atoms with E-state index in [0.717, 1.165) is 38.0 Å². The first kappa shape index (κ1) is 18.4. The molecule has 0 radical (unpaired) electrons. The first-order valence-corrected chi connectivity index (χ1v) is 8.00. The number of carboxylic acids is 2. The number of piperidine rings is 1. The van der Waals surface area contributed by atoms with Gasteiger partial charge in [0.05, 0.1) is 17.4 Å². The predicted octanol–water partition coefficient (Wildman–Crippen LogP) is 1.45. The average molecular weight is 347 g/mol. The van der Waals surface area contributed by atoms with Crippen LogP contribution < -0.4 is 0 Å². The minimum absolute atomic E-state index is 0.200. The number of hydrogen-bond acceptors (Lipinski definition) is 4. The third-order valence-electron chi connectivity index (χ3n) is 4.23. The van der Waals surface area contributed by atoms with Gasteiger partial charge in [0.1, 0.15) is 0 Å². The van der Waals surface area contributed by atoms with Crippen molar-refractivity contribution in [2.24, 2.45) is 5.92 Å². The molecule has 0 atom stereocenters. The van der Waals surface area contributed by atoms with Crippen LogP contribution in [0.4, 0.5) is 0 Å². The molecule has 1 aliphatic heterocycles. The number of carbonyl (C=O) groups is 3. The highest BCUT2D eigenvalue weighted by Crippen LogP contribution is 2.21. The third kappa shape index (κ3) is 5.03. The van der Waals surface area contributed by atoms with Crippen LogP contribution in [0.2, 0.25) is 0 Å². The predicted molar refractivity (Wildman–Crippen MR) is 90.0 cm³/mol. The lowest BCUT2D eigenvalue weighted by Gasteiger charge is -2.31. The first-order valence-electron chi connectivity index (χ1n) is 8.00. The van der Waals surface area contributed by atoms with Gasteiger partial charge in [0.2, 0.25) is 5.91 Å². The van der Waals surface area contributed by atoms with Crippen molar-refractivity contribution in [2.75, 3.05) is 13.1 Å². The minimum Gasteiger partial charge on any atom is -0.473 e. The van der Waals surface area contributed by atoms with Gasteiger partial charge in [-0.1, -0.05) is 12.1 Å². The Hall–Kier alpha value is -2.90. The maximum Gasteiger partial charge on any atom is 0.414 e. The molecule has 3 rings (SSSR count). The molecule has 2 N–H and O–H groups in total. The Morgan fingerprint density at radius 1 is 1.12 bits per heavy atom. The van der Waals surface area contributed by atoms with Gasteiger partial charge in [-0.2, -0.15) is 0 Å². The molecule has 0 aliphatic carbocycles. The number of aromatic nitrogens is 2. The number of amides is 1. The molecular weight excluding hydrogens is 326 g/mol. The Bertz CT molecular complexity index is 750. The van der Waals surface area contributed by atoms with Gasteiger partial charge in [-0.05, 0) is 30.9 Å². The van der Waals surface area contributed by atoms with E-state index in [2.05, 4.69) is 21.7 Å². The summed E-state index contributed by atoms with van der Waals surface area (Å²) in [6, 6.07) is 8.24. The molecule has 25 heavy (non-hydrogen) atoms. The molecule has 1 aromatic carbocycles. The summed E-state index contributed by atoms with van der Waals surface area (Å²) in [6.45, 7) is 4.45. The largest absolute Gasteiger partial charge is 0.473 e. The zero-order valence-corrected chi connectivity index (χ0v) is 14.0. The zero-order chi connectivity index (χ0) is 18.4. The van der Waals surface area contributed by atoms with Crippen LogP contribution >= 0.6 is 0 Å². The summed E-state index contributed by atoms with van der Waals surface area (Å²) in [5, 5.41) is 14.8. The summed E-state index contributed by atoms with van der Waals surface area (Å²) in [4.78, 5) is 35.9. The summed E-state index contributed by atoms with van der Waals surface area (Å²) < 4.78 is 2.24. The molecule has 8 nitrogen and oxygen atoms in total. The van der Waals surface area contributed by atoms with Gasteiger partial charge in [0.15, 0.2) is 0 Å². The SMILES string of the molecule is CC(=O)N1CCC(Cn2cnc3ccccc32)CC1.O=C(O)C(=O)O. The maximum atomic E-state index is 11.3. The van der Waals surface area contributed by atoms with Crippen LogP contribution in [-0.2, 0) is 20.9 Å². The van der Waals surface area contributed by atoms with E-state index in [-0.39, 0.29) is 5.91 Å². The molecule has 0 spiro atoms. The summed E-state index contributed by atoms with van der Waals surface area (Å²) in [5.41, 5.74) is 2.26. The number of para-hydroxylation sites is 2. The lowest BCUT2D eigenvalue weighted by Crippen LogP contribution is -2.37. The normalized spacial score (nSPS) is 14.7. The van der Waals surface area contributed by atoms with Crippen molar-refractivity contribution in [3.8, 4) is 0 Å². The van der Waals surface area contributed by atoms with Crippen LogP contribution in [0, 0.1) is 5.92 Å². The van der Waals surface area contributed by atoms with Crippen LogP contribution in [0.3, 0.4) is 0 Å². The Morgan fingerprint density at radius 3 is 2.28 bits per heavy atom. The molecule has 1 aliphatic rings. The molecule has 1 aromatic heterocycles. The lowest BCUT2D eigenvalue weighted by atomic mass is 9.96. The highest BCUT2D eigenvalue weighted by Gasteiger charge is 2.21. The van der Waals surface area contributed by atoms with Crippen LogP contribution in [0.15, 0.2) is 30.6 Å². The number of fused-ring (bicyclic) bond motifs is 1. The van der Waals surface area contributed by atoms with Crippen molar-refractivity contribution >= 4 is 28.9 Å². The van der Waals surface area contributed by atoms with Crippen molar-refractivity contribution in [1.82, 2.24) is 14.5 Å². The number of aliphatic carboxylic acids is 2. The number of benzene rings is 1. The minimum atomic E-state index is -1.82. The standard InChI is InChI=1S/C15H19N3O.C2H2O4/c1-12(19)17-8-6-13(7-9-17)10-18-11-16-14-4-2-3-5-15(14)18;3-1(4)2(5)6/h2-5,11,13H,6-10H2,1H3;(H,3,4)(H,5,6). The van der Waals surface area contributed by atoms with Gasteiger partial charge < -0.3 is 19.7 Å². The topological polar surface area (TPSA) is 113 Å². The van der Waals surface area contributed by atoms with E-state index >= 15 is 0 Å². The van der Waals surface area contributed by atoms with Crippen LogP contribution in [-0.4, -0.2) is 55.6 Å². The van der Waals surface area contributed by atoms with E-state index < -0.39 is 11.9 Å². The molecule has 2 heterocycles. The molecule has 0 unspecified atom stereocenters. The molecular formula is C17H21N3O5. The van der Waals surface area contributed by atoms with Gasteiger partial charge >= 0.3 is 11.9 Å². The fourth-order valence-corrected chi connectivity index (χ4v) is 2.86. The molecule has 0 bridgehead atoms. The molecule has 1 saturated heterocycles. The Balaban J connectivity index is 0.000000326. The van der Waals surface area contributed by atoms with E-state index in [1.165, 1.54) is 5.52 Å². The molecule has 2 aromatic rings. The number of carbonyl (C=O) groups excluding carboxylic acids is 1. The third-order valence-corrected chi connectivity index (χ3v) is 4.23. The molecule has 0 saturated carbocycles. The summed E-state index contributed by atoms with van der Waals surface area (Å²) in [7, 11) is 0. The van der Waals surface area contributed by atoms with Crippen molar-refractivity contribution in [3.05, 3.63) is 30.6 Å². The Labute approximate surface area is 144 Å². The van der Waals surface area contributed by atoms with Gasteiger partial charge in [0, 0.05) is 26.6 Å². The fourth-order valence-electron chi connectivity index (χ4n) is 2.86. The van der Waals surface area contributed by atoms with E-state index in [4.69, 9.17) is 19.8 Å². The molecule has 134 valence electrons. The van der Waals surface area contributed by atoms with Crippen molar-refractivity contribution in [3.63, 3.8) is 0 Å². The van der Waals surface area contributed by atoms with Crippen molar-refractivity contribution in [1.29, 1.82) is 0 Å². The van der Waals surface area contributed by atoms with E-state index in [9.17, 15) is 4.79 Å². The summed E-state index contributed by atoms with van der Waals surface area (Å²) >= 11 is 0. The highest BCUT2D eigenvalue weighted by molar-refractivity contribution is 6.27. The summed E-state index contributed by atoms with van der Waals surface area (Å²) in [6.07, 6.45) is 4.11. The number of imidazole rings is 1. The second-order valence-corrected chi connectivity index (χ2v) is 5.95. The van der Waals surface area contributed by atoms with Crippen LogP contribution in [0.5, 0.6) is 0 Å². The monoisotopic (exact) mass is 347 g/mol. The fraction of sp³-hybridized carbons (Fsp3) is 0.412. The maximum absolute atomic E-state index is 11.3. The van der Waals surface area contributed by atoms with Gasteiger partial charge in [-0.25, -0.2) is 14.6 Å². The number of rotatable bonds is 2. The van der Waals surface area contributed by atoms with Gasteiger partial charge in [-0.15, -0.1) is 0 Å². The number of carboxylic acid groups (broad SMARTS) is 2. The average Bonchev–Trinajstić information content (AvgIpc) is 2.99. The van der Waals surface area contributed by atoms with Gasteiger partial charge in [0.25, 0.3) is 0 Å². The Morgan fingerprint density at radius 2 is 1.72 bits per heavy atom. The van der Waals surface area contributed by atoms with Crippen LogP contribution in [0.25, 0.3) is 11.0 Å². The second kappa shape index (κ2) is 8.27. The quantitative estimate of drug-likeness (QED) is 0.795. The van der Waals surface area contributed by atoms with E-state index in [0.29, 0.717) is 5.92 Å². The van der Waals surface area contributed by atoms with Crippen molar-refractivity contribution < 1.29 is 24.6 Å². The molecule has 8 heteroatoms. The number of nitrogens with zero attached hydrogens (tertiary/aromatic N) is 3. The van der Waals surface area contributed by atoms with E-state index in [1.54, 1.807) is 6.92 Å².